The molecule has 0 radical (unpaired) electrons. The van der Waals surface area contributed by atoms with Crippen LogP contribution in [-0.2, 0) is 11.8 Å². The Morgan fingerprint density at radius 3 is 2.53 bits per heavy atom. The summed E-state index contributed by atoms with van der Waals surface area (Å²) in [6.45, 7) is 5.84. The molecule has 1 N–H and O–H groups in total. The van der Waals surface area contributed by atoms with Crippen LogP contribution in [0.1, 0.15) is 37.7 Å². The van der Waals surface area contributed by atoms with E-state index in [4.69, 9.17) is 4.74 Å². The lowest BCUT2D eigenvalue weighted by atomic mass is 9.89. The quantitative estimate of drug-likeness (QED) is 0.821. The van der Waals surface area contributed by atoms with Crippen molar-refractivity contribution in [1.29, 1.82) is 0 Å². The smallest absolute Gasteiger partial charge is 0.148 e. The Morgan fingerprint density at radius 2 is 1.93 bits per heavy atom. The van der Waals surface area contributed by atoms with Crippen molar-refractivity contribution in [2.45, 2.75) is 57.3 Å². The topological polar surface area (TPSA) is 68.1 Å². The summed E-state index contributed by atoms with van der Waals surface area (Å²) >= 11 is 0. The van der Waals surface area contributed by atoms with Gasteiger partial charge in [-0.2, -0.15) is 5.10 Å². The van der Waals surface area contributed by atoms with Gasteiger partial charge in [0.1, 0.15) is 11.5 Å². The van der Waals surface area contributed by atoms with E-state index in [0.29, 0.717) is 18.2 Å². The van der Waals surface area contributed by atoms with Gasteiger partial charge in [-0.05, 0) is 68.6 Å². The van der Waals surface area contributed by atoms with Crippen molar-refractivity contribution in [2.24, 2.45) is 24.8 Å². The van der Waals surface area contributed by atoms with Crippen molar-refractivity contribution in [3.8, 4) is 11.4 Å². The molecule has 4 fully saturated rings. The van der Waals surface area contributed by atoms with Crippen LogP contribution in [0.15, 0.2) is 18.3 Å². The maximum atomic E-state index is 6.06. The van der Waals surface area contributed by atoms with Crippen LogP contribution in [0.4, 0.5) is 5.82 Å². The van der Waals surface area contributed by atoms with E-state index in [-0.39, 0.29) is 0 Å². The summed E-state index contributed by atoms with van der Waals surface area (Å²) in [6, 6.07) is 4.63. The van der Waals surface area contributed by atoms with Gasteiger partial charge in [-0.1, -0.05) is 0 Å². The van der Waals surface area contributed by atoms with Crippen molar-refractivity contribution < 1.29 is 4.74 Å². The fourth-order valence-electron chi connectivity index (χ4n) is 6.59. The molecule has 3 unspecified atom stereocenters. The number of anilines is 1. The molecule has 0 spiro atoms. The molecule has 6 atom stereocenters. The Morgan fingerprint density at radius 1 is 1.10 bits per heavy atom. The molecule has 1 saturated carbocycles. The second-order valence-corrected chi connectivity index (χ2v) is 10.0. The zero-order valence-electron chi connectivity index (χ0n) is 18.0. The Kier molecular flexibility index (Phi) is 4.57. The van der Waals surface area contributed by atoms with E-state index >= 15 is 0 Å². The lowest BCUT2D eigenvalue weighted by molar-refractivity contribution is 0.0854. The number of ether oxygens (including phenoxy) is 1. The number of nitrogens with one attached hydrogen (secondary N) is 1. The Labute approximate surface area is 178 Å². The third-order valence-corrected chi connectivity index (χ3v) is 7.93. The first-order valence-corrected chi connectivity index (χ1v) is 11.6. The van der Waals surface area contributed by atoms with Crippen LogP contribution in [-0.4, -0.2) is 62.8 Å². The van der Waals surface area contributed by atoms with E-state index in [2.05, 4.69) is 38.5 Å². The van der Waals surface area contributed by atoms with Gasteiger partial charge in [0, 0.05) is 38.6 Å². The molecule has 0 amide bonds. The first kappa shape index (κ1) is 18.8. The molecule has 30 heavy (non-hydrogen) atoms. The minimum atomic E-state index is 0.520. The fraction of sp³-hybridized carbons (Fsp3) is 0.696. The predicted octanol–water partition coefficient (Wildman–Crippen LogP) is 2.88. The van der Waals surface area contributed by atoms with Gasteiger partial charge in [0.05, 0.1) is 24.1 Å². The van der Waals surface area contributed by atoms with Crippen LogP contribution >= 0.6 is 0 Å². The van der Waals surface area contributed by atoms with E-state index < -0.39 is 0 Å². The Bertz CT molecular complexity index is 877. The zero-order chi connectivity index (χ0) is 20.2. The molecule has 3 aliphatic heterocycles. The summed E-state index contributed by atoms with van der Waals surface area (Å²) in [5, 5.41) is 16.9. The maximum Gasteiger partial charge on any atom is 0.148 e. The molecule has 2 aromatic rings. The van der Waals surface area contributed by atoms with E-state index in [0.717, 1.165) is 40.5 Å². The lowest BCUT2D eigenvalue weighted by Crippen LogP contribution is -2.33. The fourth-order valence-corrected chi connectivity index (χ4v) is 6.59. The summed E-state index contributed by atoms with van der Waals surface area (Å²) in [4.78, 5) is 2.73. The van der Waals surface area contributed by atoms with Gasteiger partial charge >= 0.3 is 0 Å². The summed E-state index contributed by atoms with van der Waals surface area (Å²) in [5.41, 5.74) is 3.03. The van der Waals surface area contributed by atoms with Crippen LogP contribution in [0.25, 0.3) is 11.4 Å². The third kappa shape index (κ3) is 3.32. The molecule has 7 nitrogen and oxygen atoms in total. The van der Waals surface area contributed by atoms with Gasteiger partial charge in [-0.25, -0.2) is 0 Å². The highest BCUT2D eigenvalue weighted by atomic mass is 16.5. The second-order valence-electron chi connectivity index (χ2n) is 10.0. The van der Waals surface area contributed by atoms with Gasteiger partial charge in [0.15, 0.2) is 0 Å². The first-order valence-electron chi connectivity index (χ1n) is 11.6. The van der Waals surface area contributed by atoms with E-state index in [1.165, 1.54) is 51.7 Å². The normalized spacial score (nSPS) is 35.3. The molecule has 1 aliphatic carbocycles. The van der Waals surface area contributed by atoms with Gasteiger partial charge in [0.2, 0.25) is 0 Å². The number of aromatic nitrogens is 4. The van der Waals surface area contributed by atoms with Gasteiger partial charge in [-0.3, -0.25) is 4.68 Å². The van der Waals surface area contributed by atoms with Crippen LogP contribution < -0.4 is 5.32 Å². The van der Waals surface area contributed by atoms with Gasteiger partial charge < -0.3 is 15.0 Å². The minimum Gasteiger partial charge on any atom is -0.375 e. The summed E-state index contributed by atoms with van der Waals surface area (Å²) in [5.74, 6) is 3.32. The van der Waals surface area contributed by atoms with Crippen LogP contribution in [0.5, 0.6) is 0 Å². The Balaban J connectivity index is 1.03. The van der Waals surface area contributed by atoms with Crippen LogP contribution in [0, 0.1) is 24.7 Å². The molecule has 5 heterocycles. The Hall–Kier alpha value is -1.99. The molecule has 2 aromatic heterocycles. The molecular weight excluding hydrogens is 376 g/mol. The first-order chi connectivity index (χ1) is 14.6. The number of fused-ring (bicyclic) bond motifs is 3. The minimum absolute atomic E-state index is 0.520. The average Bonchev–Trinajstić information content (AvgIpc) is 3.52. The zero-order valence-corrected chi connectivity index (χ0v) is 18.0. The number of hydrogen-bond acceptors (Lipinski definition) is 6. The molecule has 7 heteroatoms. The highest BCUT2D eigenvalue weighted by molar-refractivity contribution is 5.59. The lowest BCUT2D eigenvalue weighted by Gasteiger charge is -2.26. The van der Waals surface area contributed by atoms with Crippen molar-refractivity contribution in [1.82, 2.24) is 24.9 Å². The predicted molar refractivity (Wildman–Crippen MR) is 115 cm³/mol. The van der Waals surface area contributed by atoms with E-state index in [9.17, 15) is 0 Å². The van der Waals surface area contributed by atoms with Crippen molar-refractivity contribution in [2.75, 3.05) is 25.0 Å². The SMILES string of the molecule is Cc1cnn(C)c1-c1ccc(N[C@H]2C[C@@H]3CN(CC4CC5CCC4O5)C[C@@H]3C2)nn1. The molecule has 4 aliphatic rings. The number of aryl methyl sites for hydroxylation is 2. The van der Waals surface area contributed by atoms with Crippen LogP contribution in [0.3, 0.4) is 0 Å². The number of likely N-dealkylation sites (tertiary alicyclic amines) is 1. The molecule has 3 saturated heterocycles. The summed E-state index contributed by atoms with van der Waals surface area (Å²) in [7, 11) is 1.95. The highest BCUT2D eigenvalue weighted by Gasteiger charge is 2.45. The van der Waals surface area contributed by atoms with Crippen LogP contribution in [0.2, 0.25) is 0 Å². The van der Waals surface area contributed by atoms with Crippen molar-refractivity contribution >= 4 is 5.82 Å². The maximum absolute atomic E-state index is 6.06. The molecule has 0 aromatic carbocycles. The largest absolute Gasteiger partial charge is 0.375 e. The molecule has 2 bridgehead atoms. The third-order valence-electron chi connectivity index (χ3n) is 7.93. The highest BCUT2D eigenvalue weighted by Crippen LogP contribution is 2.43. The van der Waals surface area contributed by atoms with Gasteiger partial charge in [0.25, 0.3) is 0 Å². The second kappa shape index (κ2) is 7.31. The number of rotatable bonds is 5. The monoisotopic (exact) mass is 408 g/mol. The summed E-state index contributed by atoms with van der Waals surface area (Å²) in [6.07, 6.45) is 9.39. The molecular formula is C23H32N6O. The average molecular weight is 409 g/mol. The van der Waals surface area contributed by atoms with E-state index in [1.54, 1.807) is 0 Å². The van der Waals surface area contributed by atoms with Crippen molar-refractivity contribution in [3.63, 3.8) is 0 Å². The van der Waals surface area contributed by atoms with E-state index in [1.807, 2.05) is 24.0 Å². The number of hydrogen-bond donors (Lipinski definition) is 1. The number of nitrogens with zero attached hydrogens (tertiary/aromatic N) is 5. The standard InChI is InChI=1S/C23H32N6O/c1-14-10-24-28(2)23(14)20-4-6-22(27-26-20)25-18-7-15-11-29(12-16(15)8-18)13-17-9-19-3-5-21(17)30-19/h4,6,10,15-19,21H,3,5,7-9,11-13H2,1-2H3,(H,25,27)/t15-,16+,17?,18+,19?,21?. The van der Waals surface area contributed by atoms with Crippen molar-refractivity contribution in [3.05, 3.63) is 23.9 Å². The molecule has 160 valence electrons. The summed E-state index contributed by atoms with van der Waals surface area (Å²) < 4.78 is 7.92. The van der Waals surface area contributed by atoms with Gasteiger partial charge in [-0.15, -0.1) is 10.2 Å². The molecule has 6 rings (SSSR count).